The predicted molar refractivity (Wildman–Crippen MR) is 77.0 cm³/mol. The molecule has 1 fully saturated rings. The van der Waals surface area contributed by atoms with Crippen LogP contribution in [0.25, 0.3) is 0 Å². The summed E-state index contributed by atoms with van der Waals surface area (Å²) in [4.78, 5) is 0. The van der Waals surface area contributed by atoms with Gasteiger partial charge in [-0.1, -0.05) is 38.1 Å². The summed E-state index contributed by atoms with van der Waals surface area (Å²) in [7, 11) is -2.91. The maximum atomic E-state index is 11.4. The van der Waals surface area contributed by atoms with Crippen LogP contribution in [-0.2, 0) is 16.3 Å². The van der Waals surface area contributed by atoms with Crippen LogP contribution < -0.4 is 0 Å². The lowest BCUT2D eigenvalue weighted by Crippen LogP contribution is -2.23. The third-order valence-electron chi connectivity index (χ3n) is 3.90. The molecule has 0 aromatic heterocycles. The molecule has 0 saturated carbocycles. The maximum Gasteiger partial charge on any atom is 0.150 e. The van der Waals surface area contributed by atoms with Crippen LogP contribution in [-0.4, -0.2) is 31.1 Å². The van der Waals surface area contributed by atoms with E-state index in [1.54, 1.807) is 0 Å². The molecule has 2 atom stereocenters. The number of rotatable bonds is 4. The fourth-order valence-electron chi connectivity index (χ4n) is 2.57. The van der Waals surface area contributed by atoms with E-state index < -0.39 is 15.9 Å². The van der Waals surface area contributed by atoms with Crippen molar-refractivity contribution in [1.82, 2.24) is 0 Å². The van der Waals surface area contributed by atoms with Crippen molar-refractivity contribution < 1.29 is 13.5 Å². The first-order valence-corrected chi connectivity index (χ1v) is 8.67. The van der Waals surface area contributed by atoms with Gasteiger partial charge in [-0.15, -0.1) is 0 Å². The average Bonchev–Trinajstić information content (AvgIpc) is 2.70. The predicted octanol–water partition coefficient (Wildman–Crippen LogP) is 2.15. The van der Waals surface area contributed by atoms with Crippen LogP contribution in [0, 0.1) is 5.92 Å². The molecule has 0 radical (unpaired) electrons. The third-order valence-corrected chi connectivity index (χ3v) is 5.70. The molecule has 106 valence electrons. The second kappa shape index (κ2) is 5.63. The van der Waals surface area contributed by atoms with Gasteiger partial charge in [0.1, 0.15) is 0 Å². The molecule has 1 saturated heterocycles. The zero-order valence-corrected chi connectivity index (χ0v) is 12.4. The summed E-state index contributed by atoms with van der Waals surface area (Å²) in [5.74, 6) is 0.757. The molecule has 1 heterocycles. The third kappa shape index (κ3) is 3.80. The molecule has 1 aliphatic heterocycles. The molecule has 1 aromatic carbocycles. The highest BCUT2D eigenvalue weighted by Crippen LogP contribution is 2.24. The highest BCUT2D eigenvalue weighted by atomic mass is 32.2. The van der Waals surface area contributed by atoms with E-state index in [9.17, 15) is 13.5 Å². The van der Waals surface area contributed by atoms with Crippen molar-refractivity contribution in [3.05, 3.63) is 35.4 Å². The van der Waals surface area contributed by atoms with E-state index in [2.05, 4.69) is 26.0 Å². The molecule has 4 heteroatoms. The monoisotopic (exact) mass is 282 g/mol. The Morgan fingerprint density at radius 3 is 2.37 bits per heavy atom. The van der Waals surface area contributed by atoms with Gasteiger partial charge in [-0.3, -0.25) is 0 Å². The van der Waals surface area contributed by atoms with Crippen molar-refractivity contribution in [3.63, 3.8) is 0 Å². The summed E-state index contributed by atoms with van der Waals surface area (Å²) in [6, 6.07) is 8.22. The minimum atomic E-state index is -2.91. The Bertz CT molecular complexity index is 517. The molecule has 1 N–H and O–H groups in total. The van der Waals surface area contributed by atoms with Crippen molar-refractivity contribution in [2.45, 2.75) is 38.7 Å². The van der Waals surface area contributed by atoms with E-state index in [-0.39, 0.29) is 17.4 Å². The quantitative estimate of drug-likeness (QED) is 0.920. The summed E-state index contributed by atoms with van der Waals surface area (Å²) in [5.41, 5.74) is 2.35. The first kappa shape index (κ1) is 14.5. The molecule has 2 unspecified atom stereocenters. The fourth-order valence-corrected chi connectivity index (χ4v) is 4.44. The highest BCUT2D eigenvalue weighted by molar-refractivity contribution is 7.91. The molecule has 2 rings (SSSR count). The number of sulfone groups is 1. The normalized spacial score (nSPS) is 23.7. The van der Waals surface area contributed by atoms with Gasteiger partial charge >= 0.3 is 0 Å². The zero-order chi connectivity index (χ0) is 14.0. The zero-order valence-electron chi connectivity index (χ0n) is 11.5. The Morgan fingerprint density at radius 1 is 1.26 bits per heavy atom. The lowest BCUT2D eigenvalue weighted by Gasteiger charge is -2.17. The van der Waals surface area contributed by atoms with Crippen LogP contribution >= 0.6 is 0 Å². The number of benzene rings is 1. The fraction of sp³-hybridized carbons (Fsp3) is 0.600. The lowest BCUT2D eigenvalue weighted by molar-refractivity contribution is 0.120. The van der Waals surface area contributed by atoms with Crippen molar-refractivity contribution in [2.75, 3.05) is 11.5 Å². The Kier molecular flexibility index (Phi) is 4.31. The van der Waals surface area contributed by atoms with Crippen LogP contribution in [0.15, 0.2) is 24.3 Å². The van der Waals surface area contributed by atoms with E-state index in [0.29, 0.717) is 18.8 Å². The van der Waals surface area contributed by atoms with Gasteiger partial charge in [-0.25, -0.2) is 8.42 Å². The molecular weight excluding hydrogens is 260 g/mol. The second-order valence-electron chi connectivity index (χ2n) is 5.83. The molecule has 0 amide bonds. The van der Waals surface area contributed by atoms with E-state index in [0.717, 1.165) is 5.56 Å². The number of hydrogen-bond donors (Lipinski definition) is 1. The molecule has 0 spiro atoms. The van der Waals surface area contributed by atoms with Gasteiger partial charge < -0.3 is 5.11 Å². The minimum Gasteiger partial charge on any atom is -0.392 e. The van der Waals surface area contributed by atoms with Gasteiger partial charge in [-0.05, 0) is 29.9 Å². The Balaban J connectivity index is 1.97. The number of aliphatic hydroxyl groups is 1. The summed E-state index contributed by atoms with van der Waals surface area (Å²) in [6.07, 6.45) is 0.578. The van der Waals surface area contributed by atoms with E-state index in [1.807, 2.05) is 12.1 Å². The van der Waals surface area contributed by atoms with Crippen LogP contribution in [0.5, 0.6) is 0 Å². The topological polar surface area (TPSA) is 54.4 Å². The van der Waals surface area contributed by atoms with Crippen LogP contribution in [0.4, 0.5) is 0 Å². The van der Waals surface area contributed by atoms with Crippen molar-refractivity contribution in [2.24, 2.45) is 5.92 Å². The van der Waals surface area contributed by atoms with E-state index >= 15 is 0 Å². The van der Waals surface area contributed by atoms with Crippen LogP contribution in [0.1, 0.15) is 37.3 Å². The molecule has 3 nitrogen and oxygen atoms in total. The summed E-state index contributed by atoms with van der Waals surface area (Å²) in [5, 5.41) is 10.1. The highest BCUT2D eigenvalue weighted by Gasteiger charge is 2.32. The van der Waals surface area contributed by atoms with E-state index in [1.165, 1.54) is 5.56 Å². The van der Waals surface area contributed by atoms with Crippen molar-refractivity contribution in [1.29, 1.82) is 0 Å². The SMILES string of the molecule is CC(C)c1ccc(CC(O)C2CCS(=O)(=O)C2)cc1. The van der Waals surface area contributed by atoms with Gasteiger partial charge in [0.25, 0.3) is 0 Å². The van der Waals surface area contributed by atoms with Gasteiger partial charge in [-0.2, -0.15) is 0 Å². The molecule has 0 aliphatic carbocycles. The molecule has 1 aliphatic rings. The summed E-state index contributed by atoms with van der Waals surface area (Å²) >= 11 is 0. The maximum absolute atomic E-state index is 11.4. The first-order chi connectivity index (χ1) is 8.87. The smallest absolute Gasteiger partial charge is 0.150 e. The standard InChI is InChI=1S/C15H22O3S/c1-11(2)13-5-3-12(4-6-13)9-15(16)14-7-8-19(17,18)10-14/h3-6,11,14-16H,7-10H2,1-2H3. The van der Waals surface area contributed by atoms with Crippen molar-refractivity contribution >= 4 is 9.84 Å². The molecule has 1 aromatic rings. The molecule has 19 heavy (non-hydrogen) atoms. The molecule has 0 bridgehead atoms. The Labute approximate surface area is 115 Å². The second-order valence-corrected chi connectivity index (χ2v) is 8.06. The molecular formula is C15H22O3S. The summed E-state index contributed by atoms with van der Waals surface area (Å²) in [6.45, 7) is 4.29. The summed E-state index contributed by atoms with van der Waals surface area (Å²) < 4.78 is 22.8. The van der Waals surface area contributed by atoms with Gasteiger partial charge in [0, 0.05) is 5.92 Å². The van der Waals surface area contributed by atoms with Gasteiger partial charge in [0.2, 0.25) is 0 Å². The first-order valence-electron chi connectivity index (χ1n) is 6.85. The lowest BCUT2D eigenvalue weighted by atomic mass is 9.94. The minimum absolute atomic E-state index is 0.102. The van der Waals surface area contributed by atoms with Crippen LogP contribution in [0.2, 0.25) is 0 Å². The van der Waals surface area contributed by atoms with Crippen LogP contribution in [0.3, 0.4) is 0 Å². The Morgan fingerprint density at radius 2 is 1.89 bits per heavy atom. The van der Waals surface area contributed by atoms with Gasteiger partial charge in [0.15, 0.2) is 9.84 Å². The van der Waals surface area contributed by atoms with Crippen molar-refractivity contribution in [3.8, 4) is 0 Å². The van der Waals surface area contributed by atoms with E-state index in [4.69, 9.17) is 0 Å². The largest absolute Gasteiger partial charge is 0.392 e. The Hall–Kier alpha value is -0.870. The number of hydrogen-bond acceptors (Lipinski definition) is 3. The van der Waals surface area contributed by atoms with Gasteiger partial charge in [0.05, 0.1) is 17.6 Å². The average molecular weight is 282 g/mol. The number of aliphatic hydroxyl groups excluding tert-OH is 1.